The molecule has 3 aliphatic rings. The van der Waals surface area contributed by atoms with Gasteiger partial charge in [0.25, 0.3) is 0 Å². The molecule has 4 heterocycles. The molecule has 0 aliphatic carbocycles. The molecule has 0 radical (unpaired) electrons. The highest BCUT2D eigenvalue weighted by atomic mass is 16.5. The molecule has 0 spiro atoms. The maximum Gasteiger partial charge on any atom is 0.243 e. The summed E-state index contributed by atoms with van der Waals surface area (Å²) in [5, 5.41) is 4.91. The van der Waals surface area contributed by atoms with E-state index in [1.807, 2.05) is 30.3 Å². The Balaban J connectivity index is 1.39. The number of nitrogens with zero attached hydrogens (tertiary/aromatic N) is 2. The van der Waals surface area contributed by atoms with Crippen LogP contribution in [0.2, 0.25) is 0 Å². The molecule has 2 aromatic rings. The Hall–Kier alpha value is -3.09. The van der Waals surface area contributed by atoms with Crippen molar-refractivity contribution < 1.29 is 19.1 Å². The fourth-order valence-electron chi connectivity index (χ4n) is 5.96. The topological polar surface area (TPSA) is 80.8 Å². The molecule has 0 bridgehead atoms. The normalized spacial score (nSPS) is 28.0. The van der Waals surface area contributed by atoms with E-state index < -0.39 is 6.04 Å². The molecule has 1 saturated heterocycles. The molecule has 0 saturated carbocycles. The largest absolute Gasteiger partial charge is 0.491 e. The second-order valence-corrected chi connectivity index (χ2v) is 10.8. The van der Waals surface area contributed by atoms with Crippen molar-refractivity contribution >= 4 is 22.6 Å². The van der Waals surface area contributed by atoms with Crippen molar-refractivity contribution in [3.05, 3.63) is 42.1 Å². The fraction of sp³-hybridized carbons (Fsp3) is 0.567. The van der Waals surface area contributed by atoms with E-state index in [1.165, 1.54) is 0 Å². The van der Waals surface area contributed by atoms with Crippen LogP contribution >= 0.6 is 0 Å². The first kappa shape index (κ1) is 25.6. The van der Waals surface area contributed by atoms with E-state index in [9.17, 15) is 9.59 Å². The second-order valence-electron chi connectivity index (χ2n) is 10.8. The van der Waals surface area contributed by atoms with Gasteiger partial charge >= 0.3 is 0 Å². The minimum atomic E-state index is -0.531. The van der Waals surface area contributed by atoms with E-state index >= 15 is 0 Å². The van der Waals surface area contributed by atoms with Gasteiger partial charge in [0.2, 0.25) is 17.7 Å². The van der Waals surface area contributed by atoms with Crippen molar-refractivity contribution in [1.29, 1.82) is 0 Å². The van der Waals surface area contributed by atoms with Gasteiger partial charge < -0.3 is 19.7 Å². The Bertz CT molecular complexity index is 1160. The van der Waals surface area contributed by atoms with Gasteiger partial charge in [0.05, 0.1) is 18.8 Å². The van der Waals surface area contributed by atoms with E-state index in [2.05, 4.69) is 25.2 Å². The second kappa shape index (κ2) is 11.5. The van der Waals surface area contributed by atoms with Gasteiger partial charge in [-0.3, -0.25) is 9.59 Å². The van der Waals surface area contributed by atoms with Crippen LogP contribution in [0.5, 0.6) is 11.6 Å². The highest BCUT2D eigenvalue weighted by Gasteiger charge is 2.41. The van der Waals surface area contributed by atoms with Crippen molar-refractivity contribution in [2.75, 3.05) is 19.7 Å². The molecule has 1 aromatic carbocycles. The van der Waals surface area contributed by atoms with Crippen LogP contribution in [0.1, 0.15) is 64.5 Å². The third-order valence-corrected chi connectivity index (χ3v) is 8.03. The Kier molecular flexibility index (Phi) is 7.96. The van der Waals surface area contributed by atoms with Gasteiger partial charge in [-0.2, -0.15) is 0 Å². The van der Waals surface area contributed by atoms with Crippen molar-refractivity contribution in [1.82, 2.24) is 15.2 Å². The number of ether oxygens (including phenoxy) is 2. The zero-order valence-corrected chi connectivity index (χ0v) is 22.1. The number of aryl methyl sites for hydroxylation is 1. The van der Waals surface area contributed by atoms with Crippen LogP contribution in [0.4, 0.5) is 0 Å². The number of aromatic nitrogens is 1. The average Bonchev–Trinajstić information content (AvgIpc) is 3.34. The minimum Gasteiger partial charge on any atom is -0.491 e. The van der Waals surface area contributed by atoms with Crippen LogP contribution in [0.25, 0.3) is 10.8 Å². The molecule has 2 amide bonds. The number of benzene rings is 1. The molecule has 5 rings (SSSR count). The number of rotatable bonds is 3. The third kappa shape index (κ3) is 5.76. The van der Waals surface area contributed by atoms with Crippen molar-refractivity contribution in [2.45, 2.75) is 77.4 Å². The summed E-state index contributed by atoms with van der Waals surface area (Å²) in [7, 11) is 0. The number of hydrogen-bond acceptors (Lipinski definition) is 5. The molecule has 1 fully saturated rings. The first-order valence-corrected chi connectivity index (χ1v) is 14.0. The summed E-state index contributed by atoms with van der Waals surface area (Å²) < 4.78 is 12.4. The molecule has 3 aliphatic heterocycles. The summed E-state index contributed by atoms with van der Waals surface area (Å²) >= 11 is 0. The van der Waals surface area contributed by atoms with Crippen LogP contribution in [0.3, 0.4) is 0 Å². The Labute approximate surface area is 219 Å². The summed E-state index contributed by atoms with van der Waals surface area (Å²) in [6, 6.07) is 7.48. The third-order valence-electron chi connectivity index (χ3n) is 8.03. The monoisotopic (exact) mass is 505 g/mol. The molecule has 198 valence electrons. The molecular weight excluding hydrogens is 466 g/mol. The molecule has 0 unspecified atom stereocenters. The summed E-state index contributed by atoms with van der Waals surface area (Å²) in [4.78, 5) is 33.3. The number of amides is 2. The molecule has 4 atom stereocenters. The first-order chi connectivity index (χ1) is 18.0. The van der Waals surface area contributed by atoms with Gasteiger partial charge in [0.1, 0.15) is 17.9 Å². The summed E-state index contributed by atoms with van der Waals surface area (Å²) in [6.45, 7) is 6.00. The number of pyridine rings is 1. The highest BCUT2D eigenvalue weighted by Crippen LogP contribution is 2.38. The molecule has 1 N–H and O–H groups in total. The lowest BCUT2D eigenvalue weighted by Crippen LogP contribution is -2.46. The van der Waals surface area contributed by atoms with E-state index in [-0.39, 0.29) is 17.9 Å². The number of nitrogens with one attached hydrogen (secondary N) is 1. The number of carbonyl (C=O) groups is 2. The van der Waals surface area contributed by atoms with E-state index in [1.54, 1.807) is 4.90 Å². The quantitative estimate of drug-likeness (QED) is 0.605. The zero-order chi connectivity index (χ0) is 25.8. The average molecular weight is 506 g/mol. The molecule has 7 heteroatoms. The minimum absolute atomic E-state index is 0.0505. The Morgan fingerprint density at radius 1 is 1.16 bits per heavy atom. The van der Waals surface area contributed by atoms with Crippen molar-refractivity contribution in [2.24, 2.45) is 11.8 Å². The molecule has 37 heavy (non-hydrogen) atoms. The lowest BCUT2D eigenvalue weighted by atomic mass is 9.88. The standard InChI is InChI=1S/C30H39N3O4/c1-3-21-16-20(2)10-5-4-8-14-31-29(35)26-18-22(19-33(26)27(34)17-21)37-30-24-12-7-6-11-23(24)28-25(32-30)13-9-15-36-28/h4,6-8,11-12,20-22,26H,3,5,9-10,13-19H2,1-2H3,(H,31,35)/b8-4-/t20-,21-,22-,26+/m1/s1. The van der Waals surface area contributed by atoms with E-state index in [0.717, 1.165) is 60.7 Å². The Morgan fingerprint density at radius 2 is 2.00 bits per heavy atom. The predicted molar refractivity (Wildman–Crippen MR) is 144 cm³/mol. The molecule has 7 nitrogen and oxygen atoms in total. The van der Waals surface area contributed by atoms with E-state index in [0.29, 0.717) is 50.3 Å². The lowest BCUT2D eigenvalue weighted by Gasteiger charge is -2.27. The van der Waals surface area contributed by atoms with Crippen LogP contribution in [0.15, 0.2) is 36.4 Å². The predicted octanol–water partition coefficient (Wildman–Crippen LogP) is 4.82. The summed E-state index contributed by atoms with van der Waals surface area (Å²) in [5.74, 6) is 2.24. The highest BCUT2D eigenvalue weighted by molar-refractivity contribution is 5.93. The van der Waals surface area contributed by atoms with Gasteiger partial charge in [0.15, 0.2) is 0 Å². The maximum atomic E-state index is 13.5. The van der Waals surface area contributed by atoms with Crippen molar-refractivity contribution in [3.8, 4) is 11.6 Å². The SMILES string of the molecule is CC[C@H]1CC(=O)N2C[C@H](Oc3nc4c(c5ccccc35)OCCC4)C[C@H]2C(=O)NC/C=C\CC[C@@H](C)C1. The van der Waals surface area contributed by atoms with E-state index in [4.69, 9.17) is 14.5 Å². The number of fused-ring (bicyclic) bond motifs is 4. The number of carbonyl (C=O) groups excluding carboxylic acids is 2. The smallest absolute Gasteiger partial charge is 0.243 e. The Morgan fingerprint density at radius 3 is 2.84 bits per heavy atom. The van der Waals surface area contributed by atoms with Crippen LogP contribution in [0, 0.1) is 11.8 Å². The van der Waals surface area contributed by atoms with Crippen LogP contribution in [-0.2, 0) is 16.0 Å². The fourth-order valence-corrected chi connectivity index (χ4v) is 5.96. The summed E-state index contributed by atoms with van der Waals surface area (Å²) in [6.07, 6.45) is 10.7. The lowest BCUT2D eigenvalue weighted by molar-refractivity contribution is -0.139. The van der Waals surface area contributed by atoms with Gasteiger partial charge in [-0.15, -0.1) is 0 Å². The van der Waals surface area contributed by atoms with Gasteiger partial charge in [-0.05, 0) is 50.0 Å². The van der Waals surface area contributed by atoms with Crippen LogP contribution in [-0.4, -0.2) is 53.5 Å². The first-order valence-electron chi connectivity index (χ1n) is 14.0. The van der Waals surface area contributed by atoms with Crippen LogP contribution < -0.4 is 14.8 Å². The summed E-state index contributed by atoms with van der Waals surface area (Å²) in [5.41, 5.74) is 0.914. The van der Waals surface area contributed by atoms with Crippen molar-refractivity contribution in [3.63, 3.8) is 0 Å². The van der Waals surface area contributed by atoms with Gasteiger partial charge in [-0.1, -0.05) is 50.6 Å². The number of hydrogen-bond donors (Lipinski definition) is 1. The van der Waals surface area contributed by atoms with Gasteiger partial charge in [-0.25, -0.2) is 4.98 Å². The maximum absolute atomic E-state index is 13.5. The molecular formula is C30H39N3O4. The van der Waals surface area contributed by atoms with Gasteiger partial charge in [0, 0.05) is 30.2 Å². The zero-order valence-electron chi connectivity index (χ0n) is 22.1. The molecule has 1 aromatic heterocycles. The number of allylic oxidation sites excluding steroid dienone is 1.